The van der Waals surface area contributed by atoms with E-state index < -0.39 is 5.54 Å². The predicted octanol–water partition coefficient (Wildman–Crippen LogP) is 3.62. The van der Waals surface area contributed by atoms with Crippen molar-refractivity contribution in [1.82, 2.24) is 10.1 Å². The van der Waals surface area contributed by atoms with Gasteiger partial charge >= 0.3 is 0 Å². The van der Waals surface area contributed by atoms with E-state index >= 15 is 0 Å². The molecule has 0 aliphatic heterocycles. The normalized spacial score (nSPS) is 16.8. The van der Waals surface area contributed by atoms with Crippen molar-refractivity contribution in [2.45, 2.75) is 44.8 Å². The summed E-state index contributed by atoms with van der Waals surface area (Å²) >= 11 is 3.45. The molecule has 0 amide bonds. The summed E-state index contributed by atoms with van der Waals surface area (Å²) in [5.41, 5.74) is 6.60. The molecule has 1 aliphatic rings. The van der Waals surface area contributed by atoms with Crippen LogP contribution in [0, 0.1) is 0 Å². The standard InChI is InChI=1S/C15H18BrN3O2/c1-9(2)20-12-8-10(16)4-5-11(12)13-18-14(19-21-13)15(17)6-3-7-15/h4-5,8-9H,3,6-7,17H2,1-2H3. The molecule has 112 valence electrons. The van der Waals surface area contributed by atoms with Crippen LogP contribution in [-0.4, -0.2) is 16.2 Å². The van der Waals surface area contributed by atoms with E-state index in [9.17, 15) is 0 Å². The van der Waals surface area contributed by atoms with Gasteiger partial charge in [-0.25, -0.2) is 0 Å². The third-order valence-electron chi connectivity index (χ3n) is 3.65. The minimum absolute atomic E-state index is 0.0629. The molecule has 0 unspecified atom stereocenters. The number of halogens is 1. The molecule has 0 radical (unpaired) electrons. The lowest BCUT2D eigenvalue weighted by molar-refractivity contribution is 0.229. The number of hydrogen-bond donors (Lipinski definition) is 1. The number of aromatic nitrogens is 2. The van der Waals surface area contributed by atoms with E-state index in [1.54, 1.807) is 0 Å². The van der Waals surface area contributed by atoms with Crippen LogP contribution in [0.3, 0.4) is 0 Å². The highest BCUT2D eigenvalue weighted by molar-refractivity contribution is 9.10. The molecule has 0 atom stereocenters. The SMILES string of the molecule is CC(C)Oc1cc(Br)ccc1-c1nc(C2(N)CCC2)no1. The van der Waals surface area contributed by atoms with Crippen LogP contribution in [0.2, 0.25) is 0 Å². The van der Waals surface area contributed by atoms with Gasteiger partial charge in [0.1, 0.15) is 5.75 Å². The maximum atomic E-state index is 6.23. The Bertz CT molecular complexity index is 650. The van der Waals surface area contributed by atoms with Crippen molar-refractivity contribution in [2.75, 3.05) is 0 Å². The van der Waals surface area contributed by atoms with Crippen LogP contribution in [0.1, 0.15) is 38.9 Å². The molecule has 6 heteroatoms. The van der Waals surface area contributed by atoms with E-state index in [1.165, 1.54) is 0 Å². The highest BCUT2D eigenvalue weighted by Gasteiger charge is 2.39. The molecule has 0 bridgehead atoms. The van der Waals surface area contributed by atoms with Crippen molar-refractivity contribution in [3.05, 3.63) is 28.5 Å². The quantitative estimate of drug-likeness (QED) is 0.910. The molecule has 21 heavy (non-hydrogen) atoms. The van der Waals surface area contributed by atoms with Gasteiger partial charge in [0.25, 0.3) is 5.89 Å². The summed E-state index contributed by atoms with van der Waals surface area (Å²) in [7, 11) is 0. The fraction of sp³-hybridized carbons (Fsp3) is 0.467. The maximum Gasteiger partial charge on any atom is 0.261 e. The second kappa shape index (κ2) is 5.42. The van der Waals surface area contributed by atoms with Gasteiger partial charge in [0, 0.05) is 4.47 Å². The molecule has 0 saturated heterocycles. The molecule has 2 N–H and O–H groups in total. The lowest BCUT2D eigenvalue weighted by atomic mass is 9.77. The summed E-state index contributed by atoms with van der Waals surface area (Å²) in [6, 6.07) is 5.73. The zero-order valence-electron chi connectivity index (χ0n) is 12.1. The van der Waals surface area contributed by atoms with Crippen molar-refractivity contribution < 1.29 is 9.26 Å². The van der Waals surface area contributed by atoms with Gasteiger partial charge in [0.05, 0.1) is 17.2 Å². The van der Waals surface area contributed by atoms with Gasteiger partial charge in [0.15, 0.2) is 5.82 Å². The number of nitrogens with two attached hydrogens (primary N) is 1. The zero-order chi connectivity index (χ0) is 15.0. The monoisotopic (exact) mass is 351 g/mol. The van der Waals surface area contributed by atoms with Crippen LogP contribution in [0.15, 0.2) is 27.2 Å². The summed E-state index contributed by atoms with van der Waals surface area (Å²) < 4.78 is 12.2. The highest BCUT2D eigenvalue weighted by Crippen LogP contribution is 2.39. The van der Waals surface area contributed by atoms with E-state index in [-0.39, 0.29) is 6.10 Å². The molecule has 2 aromatic rings. The minimum atomic E-state index is -0.420. The summed E-state index contributed by atoms with van der Waals surface area (Å²) in [5, 5.41) is 4.05. The Balaban J connectivity index is 1.96. The van der Waals surface area contributed by atoms with Gasteiger partial charge < -0.3 is 15.0 Å². The van der Waals surface area contributed by atoms with Crippen molar-refractivity contribution in [3.63, 3.8) is 0 Å². The maximum absolute atomic E-state index is 6.23. The smallest absolute Gasteiger partial charge is 0.261 e. The van der Waals surface area contributed by atoms with E-state index in [4.69, 9.17) is 15.0 Å². The van der Waals surface area contributed by atoms with Crippen LogP contribution in [-0.2, 0) is 5.54 Å². The molecule has 1 aromatic carbocycles. The average Bonchev–Trinajstić information content (AvgIpc) is 2.85. The van der Waals surface area contributed by atoms with Crippen molar-refractivity contribution >= 4 is 15.9 Å². The number of ether oxygens (including phenoxy) is 1. The first-order chi connectivity index (χ1) is 9.98. The van der Waals surface area contributed by atoms with Crippen molar-refractivity contribution in [3.8, 4) is 17.2 Å². The molecule has 1 aromatic heterocycles. The van der Waals surface area contributed by atoms with E-state index in [0.29, 0.717) is 17.5 Å². The van der Waals surface area contributed by atoms with Crippen molar-refractivity contribution in [2.24, 2.45) is 5.73 Å². The number of benzene rings is 1. The third kappa shape index (κ3) is 2.82. The summed E-state index contributed by atoms with van der Waals surface area (Å²) in [6.45, 7) is 3.96. The van der Waals surface area contributed by atoms with Gasteiger partial charge in [0.2, 0.25) is 0 Å². The number of hydrogen-bond acceptors (Lipinski definition) is 5. The summed E-state index contributed by atoms with van der Waals surface area (Å²) in [6.07, 6.45) is 2.98. The average molecular weight is 352 g/mol. The van der Waals surface area contributed by atoms with Gasteiger partial charge in [-0.3, -0.25) is 0 Å². The van der Waals surface area contributed by atoms with E-state index in [2.05, 4.69) is 26.1 Å². The second-order valence-electron chi connectivity index (χ2n) is 5.74. The molecule has 1 heterocycles. The first kappa shape index (κ1) is 14.5. The van der Waals surface area contributed by atoms with Crippen LogP contribution < -0.4 is 10.5 Å². The first-order valence-electron chi connectivity index (χ1n) is 7.07. The Morgan fingerprint density at radius 2 is 2.14 bits per heavy atom. The van der Waals surface area contributed by atoms with Gasteiger partial charge in [-0.2, -0.15) is 4.98 Å². The molecule has 0 spiro atoms. The minimum Gasteiger partial charge on any atom is -0.490 e. The summed E-state index contributed by atoms with van der Waals surface area (Å²) in [4.78, 5) is 4.47. The fourth-order valence-electron chi connectivity index (χ4n) is 2.34. The van der Waals surface area contributed by atoms with Crippen LogP contribution >= 0.6 is 15.9 Å². The Kier molecular flexibility index (Phi) is 3.75. The van der Waals surface area contributed by atoms with Gasteiger partial charge in [-0.15, -0.1) is 0 Å². The van der Waals surface area contributed by atoms with Crippen LogP contribution in [0.5, 0.6) is 5.75 Å². The molecule has 1 fully saturated rings. The molecule has 1 saturated carbocycles. The molecule has 3 rings (SSSR count). The molecular formula is C15H18BrN3O2. The lowest BCUT2D eigenvalue weighted by Gasteiger charge is -2.34. The fourth-order valence-corrected chi connectivity index (χ4v) is 2.68. The Morgan fingerprint density at radius 1 is 1.38 bits per heavy atom. The highest BCUT2D eigenvalue weighted by atomic mass is 79.9. The third-order valence-corrected chi connectivity index (χ3v) is 4.15. The van der Waals surface area contributed by atoms with Gasteiger partial charge in [-0.05, 0) is 51.3 Å². The molecule has 1 aliphatic carbocycles. The molecular weight excluding hydrogens is 334 g/mol. The Hall–Kier alpha value is -1.40. The van der Waals surface area contributed by atoms with E-state index in [1.807, 2.05) is 32.0 Å². The Labute approximate surface area is 132 Å². The van der Waals surface area contributed by atoms with Crippen molar-refractivity contribution in [1.29, 1.82) is 0 Å². The first-order valence-corrected chi connectivity index (χ1v) is 7.87. The van der Waals surface area contributed by atoms with Gasteiger partial charge in [-0.1, -0.05) is 21.1 Å². The Morgan fingerprint density at radius 3 is 2.76 bits per heavy atom. The molecule has 5 nitrogen and oxygen atoms in total. The second-order valence-corrected chi connectivity index (χ2v) is 6.66. The predicted molar refractivity (Wildman–Crippen MR) is 82.9 cm³/mol. The van der Waals surface area contributed by atoms with Crippen LogP contribution in [0.4, 0.5) is 0 Å². The largest absolute Gasteiger partial charge is 0.490 e. The number of nitrogens with zero attached hydrogens (tertiary/aromatic N) is 2. The number of rotatable bonds is 4. The summed E-state index contributed by atoms with van der Waals surface area (Å²) in [5.74, 6) is 1.75. The van der Waals surface area contributed by atoms with E-state index in [0.717, 1.165) is 29.3 Å². The zero-order valence-corrected chi connectivity index (χ0v) is 13.7. The lowest BCUT2D eigenvalue weighted by Crippen LogP contribution is -2.44. The van der Waals surface area contributed by atoms with Crippen LogP contribution in [0.25, 0.3) is 11.5 Å². The topological polar surface area (TPSA) is 74.2 Å².